The van der Waals surface area contributed by atoms with Crippen LogP contribution in [0.2, 0.25) is 0 Å². The molecule has 72 valence electrons. The van der Waals surface area contributed by atoms with Crippen molar-refractivity contribution in [2.45, 2.75) is 46.1 Å². The molecule has 0 spiro atoms. The number of primary amides is 1. The van der Waals surface area contributed by atoms with Gasteiger partial charge in [-0.15, -0.1) is 0 Å². The van der Waals surface area contributed by atoms with Gasteiger partial charge in [0.15, 0.2) is 0 Å². The van der Waals surface area contributed by atoms with Crippen LogP contribution in [-0.4, -0.2) is 12.2 Å². The van der Waals surface area contributed by atoms with E-state index in [4.69, 9.17) is 10.5 Å². The highest BCUT2D eigenvalue weighted by atomic mass is 16.6. The lowest BCUT2D eigenvalue weighted by Gasteiger charge is -2.19. The number of hydrogen-bond donors (Lipinski definition) is 1. The van der Waals surface area contributed by atoms with Crippen molar-refractivity contribution in [2.24, 2.45) is 11.7 Å². The van der Waals surface area contributed by atoms with Crippen LogP contribution in [0.3, 0.4) is 0 Å². The highest BCUT2D eigenvalue weighted by Crippen LogP contribution is 2.13. The van der Waals surface area contributed by atoms with Gasteiger partial charge in [0.2, 0.25) is 0 Å². The summed E-state index contributed by atoms with van der Waals surface area (Å²) in [5, 5.41) is 0. The number of carbonyl (C=O) groups is 1. The lowest BCUT2D eigenvalue weighted by atomic mass is 10.0. The van der Waals surface area contributed by atoms with Crippen molar-refractivity contribution in [3.63, 3.8) is 0 Å². The van der Waals surface area contributed by atoms with Crippen LogP contribution in [-0.2, 0) is 4.74 Å². The summed E-state index contributed by atoms with van der Waals surface area (Å²) in [6.07, 6.45) is 2.44. The Bertz CT molecular complexity index is 134. The van der Waals surface area contributed by atoms with Crippen LogP contribution < -0.4 is 5.73 Å². The number of unbranched alkanes of at least 4 members (excludes halogenated alkanes) is 1. The third-order valence-electron chi connectivity index (χ3n) is 1.85. The maximum Gasteiger partial charge on any atom is 0.404 e. The Morgan fingerprint density at radius 2 is 2.08 bits per heavy atom. The Morgan fingerprint density at radius 1 is 1.50 bits per heavy atom. The molecule has 0 saturated carbocycles. The number of amides is 1. The molecule has 2 N–H and O–H groups in total. The summed E-state index contributed by atoms with van der Waals surface area (Å²) in [6, 6.07) is 0. The maximum absolute atomic E-state index is 10.5. The Kier molecular flexibility index (Phi) is 5.51. The minimum atomic E-state index is -0.662. The topological polar surface area (TPSA) is 52.3 Å². The van der Waals surface area contributed by atoms with E-state index in [2.05, 4.69) is 6.92 Å². The van der Waals surface area contributed by atoms with Crippen molar-refractivity contribution in [2.75, 3.05) is 0 Å². The van der Waals surface area contributed by atoms with Crippen LogP contribution in [0, 0.1) is 5.92 Å². The van der Waals surface area contributed by atoms with Gasteiger partial charge in [-0.2, -0.15) is 0 Å². The molecule has 1 unspecified atom stereocenters. The Labute approximate surface area is 74.3 Å². The molecule has 0 rings (SSSR count). The van der Waals surface area contributed by atoms with E-state index >= 15 is 0 Å². The molecular formula is C9H19NO2. The van der Waals surface area contributed by atoms with Gasteiger partial charge in [-0.1, -0.05) is 33.6 Å². The van der Waals surface area contributed by atoms with E-state index in [9.17, 15) is 4.79 Å². The van der Waals surface area contributed by atoms with Gasteiger partial charge in [-0.05, 0) is 12.3 Å². The van der Waals surface area contributed by atoms with Crippen molar-refractivity contribution < 1.29 is 9.53 Å². The fourth-order valence-electron chi connectivity index (χ4n) is 1.08. The summed E-state index contributed by atoms with van der Waals surface area (Å²) in [6.45, 7) is 6.17. The molecule has 0 aliphatic carbocycles. The zero-order chi connectivity index (χ0) is 9.56. The molecule has 0 aromatic heterocycles. The smallest absolute Gasteiger partial charge is 0.404 e. The van der Waals surface area contributed by atoms with Crippen molar-refractivity contribution in [1.29, 1.82) is 0 Å². The molecule has 0 aliphatic heterocycles. The van der Waals surface area contributed by atoms with E-state index in [-0.39, 0.29) is 6.10 Å². The SMILES string of the molecule is CCCCC(OC(N)=O)C(C)C. The molecular weight excluding hydrogens is 154 g/mol. The van der Waals surface area contributed by atoms with Gasteiger partial charge < -0.3 is 10.5 Å². The van der Waals surface area contributed by atoms with Crippen LogP contribution >= 0.6 is 0 Å². The van der Waals surface area contributed by atoms with Gasteiger partial charge >= 0.3 is 6.09 Å². The van der Waals surface area contributed by atoms with E-state index in [1.54, 1.807) is 0 Å². The number of ether oxygens (including phenoxy) is 1. The Hall–Kier alpha value is -0.730. The quantitative estimate of drug-likeness (QED) is 0.693. The molecule has 12 heavy (non-hydrogen) atoms. The molecule has 0 fully saturated rings. The first-order chi connectivity index (χ1) is 5.57. The minimum Gasteiger partial charge on any atom is -0.446 e. The molecule has 3 heteroatoms. The van der Waals surface area contributed by atoms with Crippen LogP contribution in [0.1, 0.15) is 40.0 Å². The second kappa shape index (κ2) is 5.86. The summed E-state index contributed by atoms with van der Waals surface area (Å²) >= 11 is 0. The second-order valence-corrected chi connectivity index (χ2v) is 3.36. The van der Waals surface area contributed by atoms with Crippen LogP contribution in [0.15, 0.2) is 0 Å². The average Bonchev–Trinajstić information content (AvgIpc) is 1.96. The maximum atomic E-state index is 10.5. The molecule has 0 heterocycles. The third kappa shape index (κ3) is 4.99. The van der Waals surface area contributed by atoms with Crippen molar-refractivity contribution in [3.8, 4) is 0 Å². The van der Waals surface area contributed by atoms with Crippen molar-refractivity contribution >= 4 is 6.09 Å². The van der Waals surface area contributed by atoms with Gasteiger partial charge in [0.05, 0.1) is 0 Å². The third-order valence-corrected chi connectivity index (χ3v) is 1.85. The predicted octanol–water partition coefficient (Wildman–Crippen LogP) is 2.30. The Morgan fingerprint density at radius 3 is 2.42 bits per heavy atom. The lowest BCUT2D eigenvalue weighted by molar-refractivity contribution is 0.0715. The standard InChI is InChI=1S/C9H19NO2/c1-4-5-6-8(7(2)3)12-9(10)11/h7-8H,4-6H2,1-3H3,(H2,10,11). The first-order valence-electron chi connectivity index (χ1n) is 4.54. The first kappa shape index (κ1) is 11.3. The van der Waals surface area contributed by atoms with Gasteiger partial charge in [-0.25, -0.2) is 4.79 Å². The number of rotatable bonds is 5. The van der Waals surface area contributed by atoms with E-state index in [1.807, 2.05) is 13.8 Å². The van der Waals surface area contributed by atoms with Crippen LogP contribution in [0.4, 0.5) is 4.79 Å². The summed E-state index contributed by atoms with van der Waals surface area (Å²) in [7, 11) is 0. The van der Waals surface area contributed by atoms with E-state index in [0.717, 1.165) is 19.3 Å². The summed E-state index contributed by atoms with van der Waals surface area (Å²) < 4.78 is 4.95. The van der Waals surface area contributed by atoms with Gasteiger partial charge in [0.1, 0.15) is 6.10 Å². The molecule has 0 aromatic rings. The largest absolute Gasteiger partial charge is 0.446 e. The lowest BCUT2D eigenvalue weighted by Crippen LogP contribution is -2.26. The Balaban J connectivity index is 3.78. The van der Waals surface area contributed by atoms with Crippen LogP contribution in [0.25, 0.3) is 0 Å². The highest BCUT2D eigenvalue weighted by Gasteiger charge is 2.15. The zero-order valence-corrected chi connectivity index (χ0v) is 8.17. The fourth-order valence-corrected chi connectivity index (χ4v) is 1.08. The fraction of sp³-hybridized carbons (Fsp3) is 0.889. The molecule has 0 aliphatic rings. The normalized spacial score (nSPS) is 13.0. The zero-order valence-electron chi connectivity index (χ0n) is 8.17. The van der Waals surface area contributed by atoms with E-state index in [0.29, 0.717) is 5.92 Å². The van der Waals surface area contributed by atoms with Crippen LogP contribution in [0.5, 0.6) is 0 Å². The number of carbonyl (C=O) groups excluding carboxylic acids is 1. The predicted molar refractivity (Wildman–Crippen MR) is 48.8 cm³/mol. The van der Waals surface area contributed by atoms with Gasteiger partial charge in [0, 0.05) is 0 Å². The molecule has 3 nitrogen and oxygen atoms in total. The molecule has 1 amide bonds. The summed E-state index contributed by atoms with van der Waals surface area (Å²) in [5.41, 5.74) is 4.94. The summed E-state index contributed by atoms with van der Waals surface area (Å²) in [5.74, 6) is 0.351. The molecule has 1 atom stereocenters. The monoisotopic (exact) mass is 173 g/mol. The molecule has 0 bridgehead atoms. The molecule has 0 saturated heterocycles. The summed E-state index contributed by atoms with van der Waals surface area (Å²) in [4.78, 5) is 10.5. The van der Waals surface area contributed by atoms with Gasteiger partial charge in [0.25, 0.3) is 0 Å². The van der Waals surface area contributed by atoms with Crippen molar-refractivity contribution in [3.05, 3.63) is 0 Å². The number of nitrogens with two attached hydrogens (primary N) is 1. The highest BCUT2D eigenvalue weighted by molar-refractivity contribution is 5.64. The van der Waals surface area contributed by atoms with Gasteiger partial charge in [-0.3, -0.25) is 0 Å². The van der Waals surface area contributed by atoms with E-state index < -0.39 is 6.09 Å². The van der Waals surface area contributed by atoms with E-state index in [1.165, 1.54) is 0 Å². The number of hydrogen-bond acceptors (Lipinski definition) is 2. The van der Waals surface area contributed by atoms with Crippen molar-refractivity contribution in [1.82, 2.24) is 0 Å². The second-order valence-electron chi connectivity index (χ2n) is 3.36. The molecule has 0 radical (unpaired) electrons. The minimum absolute atomic E-state index is 0.0116. The average molecular weight is 173 g/mol. The first-order valence-corrected chi connectivity index (χ1v) is 4.54. The molecule has 0 aromatic carbocycles.